The quantitative estimate of drug-likeness (QED) is 0.565. The molecule has 2 aromatic rings. The molecular weight excluding hydrogens is 393 g/mol. The highest BCUT2D eigenvalue weighted by molar-refractivity contribution is 9.10. The highest BCUT2D eigenvalue weighted by Crippen LogP contribution is 2.10. The van der Waals surface area contributed by atoms with E-state index in [2.05, 4.69) is 21.2 Å². The molecule has 0 aliphatic heterocycles. The lowest BCUT2D eigenvalue weighted by atomic mass is 10.1. The average Bonchev–Trinajstić information content (AvgIpc) is 2.60. The molecule has 0 aromatic heterocycles. The fourth-order valence-electron chi connectivity index (χ4n) is 1.96. The van der Waals surface area contributed by atoms with Crippen molar-refractivity contribution >= 4 is 33.6 Å². The van der Waals surface area contributed by atoms with Gasteiger partial charge in [-0.25, -0.2) is 4.39 Å². The molecule has 0 heterocycles. The predicted octanol–water partition coefficient (Wildman–Crippen LogP) is 3.13. The molecule has 2 aromatic carbocycles. The molecule has 1 amide bonds. The molecule has 2 rings (SSSR count). The van der Waals surface area contributed by atoms with Crippen LogP contribution in [0.5, 0.6) is 0 Å². The number of hydrogen-bond donors (Lipinski definition) is 1. The van der Waals surface area contributed by atoms with Crippen molar-refractivity contribution < 1.29 is 23.5 Å². The number of nitrogens with one attached hydrogen (secondary N) is 1. The Hall–Kier alpha value is -2.54. The molecule has 130 valence electrons. The van der Waals surface area contributed by atoms with E-state index in [9.17, 15) is 18.8 Å². The van der Waals surface area contributed by atoms with Crippen LogP contribution in [-0.2, 0) is 9.53 Å². The number of ether oxygens (including phenoxy) is 1. The standard InChI is InChI=1S/C18H15BrFNO4/c19-13-7-5-12(6-8-13)18(24)21-10-9-17(23)25-11-16(22)14-3-1-2-4-15(14)20/h1-8H,9-11H2,(H,21,24). The van der Waals surface area contributed by atoms with Crippen LogP contribution in [-0.4, -0.2) is 30.8 Å². The summed E-state index contributed by atoms with van der Waals surface area (Å²) in [6.07, 6.45) is -0.0905. The molecule has 1 N–H and O–H groups in total. The van der Waals surface area contributed by atoms with Crippen LogP contribution in [0.2, 0.25) is 0 Å². The molecule has 0 radical (unpaired) electrons. The van der Waals surface area contributed by atoms with Gasteiger partial charge in [-0.3, -0.25) is 14.4 Å². The second-order valence-corrected chi connectivity index (χ2v) is 5.99. The molecule has 0 aliphatic carbocycles. The summed E-state index contributed by atoms with van der Waals surface area (Å²) >= 11 is 3.27. The summed E-state index contributed by atoms with van der Waals surface area (Å²) in [4.78, 5) is 35.2. The summed E-state index contributed by atoms with van der Waals surface area (Å²) in [5.41, 5.74) is 0.338. The Bertz CT molecular complexity index is 777. The molecule has 7 heteroatoms. The number of halogens is 2. The zero-order valence-corrected chi connectivity index (χ0v) is 14.7. The van der Waals surface area contributed by atoms with Crippen molar-refractivity contribution in [3.8, 4) is 0 Å². The summed E-state index contributed by atoms with van der Waals surface area (Å²) in [7, 11) is 0. The number of ketones is 1. The molecule has 25 heavy (non-hydrogen) atoms. The van der Waals surface area contributed by atoms with Gasteiger partial charge in [-0.05, 0) is 36.4 Å². The summed E-state index contributed by atoms with van der Waals surface area (Å²) < 4.78 is 19.1. The van der Waals surface area contributed by atoms with E-state index in [4.69, 9.17) is 4.74 Å². The largest absolute Gasteiger partial charge is 0.457 e. The van der Waals surface area contributed by atoms with Gasteiger partial charge < -0.3 is 10.1 Å². The molecule has 0 spiro atoms. The second-order valence-electron chi connectivity index (χ2n) is 5.08. The highest BCUT2D eigenvalue weighted by atomic mass is 79.9. The normalized spacial score (nSPS) is 10.2. The van der Waals surface area contributed by atoms with Gasteiger partial charge in [-0.15, -0.1) is 0 Å². The average molecular weight is 408 g/mol. The van der Waals surface area contributed by atoms with Gasteiger partial charge in [0.05, 0.1) is 12.0 Å². The third-order valence-corrected chi connectivity index (χ3v) is 3.79. The van der Waals surface area contributed by atoms with Crippen LogP contribution in [0.4, 0.5) is 4.39 Å². The van der Waals surface area contributed by atoms with E-state index in [-0.39, 0.29) is 24.4 Å². The first-order valence-electron chi connectivity index (χ1n) is 7.44. The fraction of sp³-hybridized carbons (Fsp3) is 0.167. The third kappa shape index (κ3) is 5.79. The Labute approximate surface area is 152 Å². The lowest BCUT2D eigenvalue weighted by Crippen LogP contribution is -2.27. The minimum atomic E-state index is -0.662. The Morgan fingerprint density at radius 2 is 1.72 bits per heavy atom. The van der Waals surface area contributed by atoms with Crippen LogP contribution in [0.25, 0.3) is 0 Å². The van der Waals surface area contributed by atoms with Crippen LogP contribution >= 0.6 is 15.9 Å². The Balaban J connectivity index is 1.72. The van der Waals surface area contributed by atoms with Crippen molar-refractivity contribution in [1.82, 2.24) is 5.32 Å². The zero-order chi connectivity index (χ0) is 18.2. The summed E-state index contributed by atoms with van der Waals surface area (Å²) in [5.74, 6) is -2.25. The van der Waals surface area contributed by atoms with E-state index in [1.807, 2.05) is 0 Å². The maximum atomic E-state index is 13.4. The number of carbonyl (C=O) groups is 3. The summed E-state index contributed by atoms with van der Waals surface area (Å²) in [5, 5.41) is 2.58. The lowest BCUT2D eigenvalue weighted by molar-refractivity contribution is -0.142. The first-order chi connectivity index (χ1) is 12.0. The predicted molar refractivity (Wildman–Crippen MR) is 92.8 cm³/mol. The van der Waals surface area contributed by atoms with Gasteiger partial charge >= 0.3 is 5.97 Å². The SMILES string of the molecule is O=C(CCNC(=O)c1ccc(Br)cc1)OCC(=O)c1ccccc1F. The molecule has 0 saturated heterocycles. The van der Waals surface area contributed by atoms with Gasteiger partial charge in [0.1, 0.15) is 5.82 Å². The Morgan fingerprint density at radius 3 is 2.40 bits per heavy atom. The van der Waals surface area contributed by atoms with E-state index in [1.54, 1.807) is 24.3 Å². The summed E-state index contributed by atoms with van der Waals surface area (Å²) in [6, 6.07) is 12.2. The van der Waals surface area contributed by atoms with Crippen molar-refractivity contribution in [2.45, 2.75) is 6.42 Å². The highest BCUT2D eigenvalue weighted by Gasteiger charge is 2.14. The van der Waals surface area contributed by atoms with Crippen molar-refractivity contribution in [1.29, 1.82) is 0 Å². The topological polar surface area (TPSA) is 72.5 Å². The minimum Gasteiger partial charge on any atom is -0.457 e. The van der Waals surface area contributed by atoms with Crippen LogP contribution in [0.15, 0.2) is 53.0 Å². The maximum Gasteiger partial charge on any atom is 0.308 e. The minimum absolute atomic E-state index is 0.0711. The molecule has 0 saturated carbocycles. The van der Waals surface area contributed by atoms with Crippen LogP contribution in [0.3, 0.4) is 0 Å². The molecule has 0 bridgehead atoms. The van der Waals surface area contributed by atoms with Gasteiger partial charge in [0, 0.05) is 16.6 Å². The van der Waals surface area contributed by atoms with E-state index in [1.165, 1.54) is 18.2 Å². The van der Waals surface area contributed by atoms with E-state index in [0.717, 1.165) is 10.5 Å². The van der Waals surface area contributed by atoms with Gasteiger partial charge in [0.25, 0.3) is 5.91 Å². The van der Waals surface area contributed by atoms with Crippen LogP contribution in [0, 0.1) is 5.82 Å². The number of hydrogen-bond acceptors (Lipinski definition) is 4. The number of esters is 1. The summed E-state index contributed by atoms with van der Waals surface area (Å²) in [6.45, 7) is -0.470. The van der Waals surface area contributed by atoms with Crippen LogP contribution in [0.1, 0.15) is 27.1 Å². The number of amides is 1. The second kappa shape index (κ2) is 9.08. The molecule has 0 atom stereocenters. The smallest absolute Gasteiger partial charge is 0.308 e. The van der Waals surface area contributed by atoms with Gasteiger partial charge in [0.2, 0.25) is 5.78 Å². The lowest BCUT2D eigenvalue weighted by Gasteiger charge is -2.07. The molecule has 5 nitrogen and oxygen atoms in total. The van der Waals surface area contributed by atoms with Crippen molar-refractivity contribution in [3.05, 3.63) is 69.9 Å². The van der Waals surface area contributed by atoms with Gasteiger partial charge in [-0.2, -0.15) is 0 Å². The van der Waals surface area contributed by atoms with Crippen molar-refractivity contribution in [2.75, 3.05) is 13.2 Å². The Kier molecular flexibility index (Phi) is 6.82. The molecular formula is C18H15BrFNO4. The third-order valence-electron chi connectivity index (χ3n) is 3.26. The van der Waals surface area contributed by atoms with Gasteiger partial charge in [0.15, 0.2) is 6.61 Å². The van der Waals surface area contributed by atoms with Gasteiger partial charge in [-0.1, -0.05) is 28.1 Å². The maximum absolute atomic E-state index is 13.4. The number of carbonyl (C=O) groups excluding carboxylic acids is 3. The zero-order valence-electron chi connectivity index (χ0n) is 13.1. The van der Waals surface area contributed by atoms with Crippen LogP contribution < -0.4 is 5.32 Å². The molecule has 0 aliphatic rings. The first kappa shape index (κ1) is 18.8. The Morgan fingerprint density at radius 1 is 1.04 bits per heavy atom. The van der Waals surface area contributed by atoms with Crippen molar-refractivity contribution in [2.24, 2.45) is 0 Å². The van der Waals surface area contributed by atoms with E-state index in [0.29, 0.717) is 5.56 Å². The first-order valence-corrected chi connectivity index (χ1v) is 8.24. The molecule has 0 fully saturated rings. The fourth-order valence-corrected chi connectivity index (χ4v) is 2.23. The molecule has 0 unspecified atom stereocenters. The van der Waals surface area contributed by atoms with Crippen molar-refractivity contribution in [3.63, 3.8) is 0 Å². The number of rotatable bonds is 7. The van der Waals surface area contributed by atoms with E-state index >= 15 is 0 Å². The monoisotopic (exact) mass is 407 g/mol. The number of Topliss-reactive ketones (excluding diaryl/α,β-unsaturated/α-hetero) is 1. The van der Waals surface area contributed by atoms with E-state index < -0.39 is 24.2 Å². The number of benzene rings is 2.